The molecule has 0 unspecified atom stereocenters. The van der Waals surface area contributed by atoms with Crippen molar-refractivity contribution in [1.82, 2.24) is 14.7 Å². The van der Waals surface area contributed by atoms with Crippen molar-refractivity contribution in [3.63, 3.8) is 0 Å². The molecule has 0 saturated carbocycles. The van der Waals surface area contributed by atoms with E-state index in [2.05, 4.69) is 0 Å². The summed E-state index contributed by atoms with van der Waals surface area (Å²) in [5, 5.41) is 0. The second kappa shape index (κ2) is 9.08. The number of hydrogen-bond acceptors (Lipinski definition) is 5. The number of carbonyl (C=O) groups excluding carboxylic acids is 3. The van der Waals surface area contributed by atoms with E-state index < -0.39 is 0 Å². The number of rotatable bonds is 4. The van der Waals surface area contributed by atoms with Crippen molar-refractivity contribution in [2.24, 2.45) is 0 Å². The van der Waals surface area contributed by atoms with Crippen molar-refractivity contribution in [3.05, 3.63) is 41.3 Å². The summed E-state index contributed by atoms with van der Waals surface area (Å²) in [6.07, 6.45) is 3.72. The molecule has 31 heavy (non-hydrogen) atoms. The van der Waals surface area contributed by atoms with Crippen LogP contribution in [0.15, 0.2) is 30.0 Å². The number of benzene rings is 1. The van der Waals surface area contributed by atoms with Crippen LogP contribution in [0.5, 0.6) is 0 Å². The van der Waals surface area contributed by atoms with Gasteiger partial charge in [-0.05, 0) is 56.7 Å². The number of carbonyl (C=O) groups is 3. The van der Waals surface area contributed by atoms with E-state index in [9.17, 15) is 18.8 Å². The normalized spacial score (nSPS) is 20.6. The number of nitrogens with zero attached hydrogens (tertiary/aromatic N) is 3. The molecular formula is C23H28FN3O4. The summed E-state index contributed by atoms with van der Waals surface area (Å²) in [5.74, 6) is -0.989. The van der Waals surface area contributed by atoms with Crippen LogP contribution in [0, 0.1) is 5.82 Å². The Kier molecular flexibility index (Phi) is 6.25. The fourth-order valence-electron chi connectivity index (χ4n) is 4.68. The van der Waals surface area contributed by atoms with Gasteiger partial charge < -0.3 is 14.5 Å². The predicted molar refractivity (Wildman–Crippen MR) is 112 cm³/mol. The molecule has 0 bridgehead atoms. The van der Waals surface area contributed by atoms with Crippen molar-refractivity contribution in [3.8, 4) is 0 Å². The predicted octanol–water partition coefficient (Wildman–Crippen LogP) is 3.01. The lowest BCUT2D eigenvalue weighted by Crippen LogP contribution is -2.50. The lowest BCUT2D eigenvalue weighted by molar-refractivity contribution is -0.141. The molecule has 0 N–H and O–H groups in total. The molecule has 8 heteroatoms. The second-order valence-electron chi connectivity index (χ2n) is 8.18. The summed E-state index contributed by atoms with van der Waals surface area (Å²) in [6, 6.07) is 5.48. The van der Waals surface area contributed by atoms with Gasteiger partial charge in [-0.25, -0.2) is 9.18 Å². The van der Waals surface area contributed by atoms with Crippen molar-refractivity contribution >= 4 is 23.5 Å². The molecule has 2 saturated heterocycles. The number of amides is 3. The first kappa shape index (κ1) is 21.3. The molecule has 0 spiro atoms. The fraction of sp³-hybridized carbons (Fsp3) is 0.522. The molecule has 0 aromatic heterocycles. The van der Waals surface area contributed by atoms with Crippen LogP contribution in [0.4, 0.5) is 9.18 Å². The molecular weight excluding hydrogens is 401 g/mol. The van der Waals surface area contributed by atoms with Crippen molar-refractivity contribution < 1.29 is 23.5 Å². The Morgan fingerprint density at radius 3 is 2.26 bits per heavy atom. The first-order chi connectivity index (χ1) is 15.0. The van der Waals surface area contributed by atoms with Crippen LogP contribution in [-0.4, -0.2) is 71.4 Å². The zero-order valence-electron chi connectivity index (χ0n) is 17.8. The molecule has 2 fully saturated rings. The maximum absolute atomic E-state index is 13.5. The Balaban J connectivity index is 1.59. The van der Waals surface area contributed by atoms with Crippen molar-refractivity contribution in [2.45, 2.75) is 45.1 Å². The fourth-order valence-corrected chi connectivity index (χ4v) is 4.68. The topological polar surface area (TPSA) is 70.2 Å². The molecule has 0 atom stereocenters. The molecule has 1 aromatic rings. The van der Waals surface area contributed by atoms with E-state index in [1.54, 1.807) is 24.0 Å². The lowest BCUT2D eigenvalue weighted by atomic mass is 10.0. The van der Waals surface area contributed by atoms with Gasteiger partial charge in [0.25, 0.3) is 11.8 Å². The molecule has 7 nitrogen and oxygen atoms in total. The average Bonchev–Trinajstić information content (AvgIpc) is 3.05. The number of piperidine rings is 2. The van der Waals surface area contributed by atoms with E-state index in [1.807, 2.05) is 4.90 Å². The molecule has 3 aliphatic heterocycles. The van der Waals surface area contributed by atoms with Gasteiger partial charge in [0.1, 0.15) is 11.5 Å². The van der Waals surface area contributed by atoms with Gasteiger partial charge in [0.15, 0.2) is 0 Å². The largest absolute Gasteiger partial charge is 0.450 e. The zero-order chi connectivity index (χ0) is 22.0. The minimum absolute atomic E-state index is 0.275. The summed E-state index contributed by atoms with van der Waals surface area (Å²) in [6.45, 7) is 4.41. The van der Waals surface area contributed by atoms with E-state index in [-0.39, 0.29) is 29.8 Å². The molecule has 0 aliphatic carbocycles. The summed E-state index contributed by atoms with van der Waals surface area (Å²) < 4.78 is 18.6. The molecule has 3 heterocycles. The highest BCUT2D eigenvalue weighted by Gasteiger charge is 2.45. The number of imide groups is 1. The maximum Gasteiger partial charge on any atom is 0.409 e. The van der Waals surface area contributed by atoms with Crippen LogP contribution >= 0.6 is 0 Å². The molecule has 166 valence electrons. The Morgan fingerprint density at radius 1 is 1.00 bits per heavy atom. The minimum Gasteiger partial charge on any atom is -0.450 e. The smallest absolute Gasteiger partial charge is 0.409 e. The van der Waals surface area contributed by atoms with Crippen LogP contribution in [-0.2, 0) is 14.3 Å². The Hall–Kier alpha value is -2.90. The number of ether oxygens (including phenoxy) is 1. The zero-order valence-corrected chi connectivity index (χ0v) is 17.8. The number of halogens is 1. The van der Waals surface area contributed by atoms with Crippen LogP contribution in [0.1, 0.15) is 44.6 Å². The molecule has 0 radical (unpaired) electrons. The SMILES string of the molecule is CCOC(=O)N1CCC(N2C(=O)C(c3ccc(F)cc3)=C(N3CCCCC3)C2=O)CC1. The Labute approximate surface area is 181 Å². The average molecular weight is 429 g/mol. The third kappa shape index (κ3) is 4.16. The van der Waals surface area contributed by atoms with E-state index in [0.717, 1.165) is 32.4 Å². The van der Waals surface area contributed by atoms with E-state index in [4.69, 9.17) is 4.74 Å². The summed E-state index contributed by atoms with van der Waals surface area (Å²) in [5.41, 5.74) is 1.36. The molecule has 4 rings (SSSR count). The second-order valence-corrected chi connectivity index (χ2v) is 8.18. The standard InChI is InChI=1S/C23H28FN3O4/c1-2-31-23(30)26-14-10-18(11-15-26)27-21(28)19(16-6-8-17(24)9-7-16)20(22(27)29)25-12-4-3-5-13-25/h6-9,18H,2-5,10-15H2,1H3. The highest BCUT2D eigenvalue weighted by molar-refractivity contribution is 6.35. The first-order valence-corrected chi connectivity index (χ1v) is 11.1. The van der Waals surface area contributed by atoms with E-state index >= 15 is 0 Å². The highest BCUT2D eigenvalue weighted by atomic mass is 19.1. The van der Waals surface area contributed by atoms with Gasteiger partial charge in [-0.1, -0.05) is 12.1 Å². The van der Waals surface area contributed by atoms with Crippen molar-refractivity contribution in [1.29, 1.82) is 0 Å². The van der Waals surface area contributed by atoms with Crippen LogP contribution < -0.4 is 0 Å². The van der Waals surface area contributed by atoms with Gasteiger partial charge in [0, 0.05) is 32.2 Å². The van der Waals surface area contributed by atoms with Crippen molar-refractivity contribution in [2.75, 3.05) is 32.8 Å². The van der Waals surface area contributed by atoms with E-state index in [0.29, 0.717) is 49.4 Å². The Morgan fingerprint density at radius 2 is 1.65 bits per heavy atom. The molecule has 3 aliphatic rings. The van der Waals surface area contributed by atoms with Gasteiger partial charge in [0.2, 0.25) is 0 Å². The van der Waals surface area contributed by atoms with Gasteiger partial charge in [-0.3, -0.25) is 14.5 Å². The van der Waals surface area contributed by atoms with Gasteiger partial charge in [-0.2, -0.15) is 0 Å². The van der Waals surface area contributed by atoms with Gasteiger partial charge >= 0.3 is 6.09 Å². The highest BCUT2D eigenvalue weighted by Crippen LogP contribution is 2.36. The maximum atomic E-state index is 13.5. The first-order valence-electron chi connectivity index (χ1n) is 11.1. The van der Waals surface area contributed by atoms with Crippen LogP contribution in [0.2, 0.25) is 0 Å². The summed E-state index contributed by atoms with van der Waals surface area (Å²) in [7, 11) is 0. The molecule has 1 aromatic carbocycles. The monoisotopic (exact) mass is 429 g/mol. The van der Waals surface area contributed by atoms with E-state index in [1.165, 1.54) is 17.0 Å². The third-order valence-electron chi connectivity index (χ3n) is 6.25. The number of likely N-dealkylation sites (tertiary alicyclic amines) is 2. The quantitative estimate of drug-likeness (QED) is 0.689. The van der Waals surface area contributed by atoms with Crippen LogP contribution in [0.3, 0.4) is 0 Å². The number of hydrogen-bond donors (Lipinski definition) is 0. The van der Waals surface area contributed by atoms with Gasteiger partial charge in [-0.15, -0.1) is 0 Å². The third-order valence-corrected chi connectivity index (χ3v) is 6.25. The van der Waals surface area contributed by atoms with Gasteiger partial charge in [0.05, 0.1) is 12.2 Å². The summed E-state index contributed by atoms with van der Waals surface area (Å²) in [4.78, 5) is 44.0. The Bertz CT molecular complexity index is 885. The minimum atomic E-state index is -0.385. The lowest BCUT2D eigenvalue weighted by Gasteiger charge is -2.36. The summed E-state index contributed by atoms with van der Waals surface area (Å²) >= 11 is 0. The molecule has 3 amide bonds. The van der Waals surface area contributed by atoms with Crippen LogP contribution in [0.25, 0.3) is 5.57 Å².